The smallest absolute Gasteiger partial charge is 0.0501 e. The standard InChI is InChI=1S/C11H20ClN/c1-9-7-13(8-11(9)12)10-5-3-2-4-6-10/h9-11H,2-8H2,1H3. The molecule has 2 rings (SSSR count). The highest BCUT2D eigenvalue weighted by Crippen LogP contribution is 2.29. The average Bonchev–Trinajstić information content (AvgIpc) is 2.49. The van der Waals surface area contributed by atoms with Crippen LogP contribution in [0.4, 0.5) is 0 Å². The van der Waals surface area contributed by atoms with Crippen LogP contribution in [0.5, 0.6) is 0 Å². The Hall–Kier alpha value is 0.250. The lowest BCUT2D eigenvalue weighted by atomic mass is 9.94. The Balaban J connectivity index is 1.87. The number of alkyl halides is 1. The molecule has 1 saturated heterocycles. The molecule has 2 heteroatoms. The monoisotopic (exact) mass is 201 g/mol. The molecule has 0 aromatic carbocycles. The topological polar surface area (TPSA) is 3.24 Å². The Bertz CT molecular complexity index is 155. The van der Waals surface area contributed by atoms with Crippen LogP contribution in [0.1, 0.15) is 39.0 Å². The Morgan fingerprint density at radius 2 is 1.77 bits per heavy atom. The second-order valence-electron chi connectivity index (χ2n) is 4.74. The highest BCUT2D eigenvalue weighted by atomic mass is 35.5. The fourth-order valence-corrected chi connectivity index (χ4v) is 2.96. The van der Waals surface area contributed by atoms with E-state index < -0.39 is 0 Å². The summed E-state index contributed by atoms with van der Waals surface area (Å²) < 4.78 is 0. The van der Waals surface area contributed by atoms with Gasteiger partial charge in [-0.15, -0.1) is 11.6 Å². The molecule has 0 bridgehead atoms. The van der Waals surface area contributed by atoms with Crippen LogP contribution in [0.25, 0.3) is 0 Å². The summed E-state index contributed by atoms with van der Waals surface area (Å²) in [6, 6.07) is 0.861. The molecule has 1 aliphatic heterocycles. The van der Waals surface area contributed by atoms with Crippen LogP contribution in [0.2, 0.25) is 0 Å². The number of rotatable bonds is 1. The van der Waals surface area contributed by atoms with Crippen molar-refractivity contribution in [2.75, 3.05) is 13.1 Å². The molecule has 1 aliphatic carbocycles. The molecule has 0 aromatic heterocycles. The van der Waals surface area contributed by atoms with Gasteiger partial charge in [0.05, 0.1) is 5.38 Å². The molecule has 13 heavy (non-hydrogen) atoms. The van der Waals surface area contributed by atoms with Crippen LogP contribution in [0.15, 0.2) is 0 Å². The van der Waals surface area contributed by atoms with Gasteiger partial charge in [0.2, 0.25) is 0 Å². The van der Waals surface area contributed by atoms with Gasteiger partial charge in [-0.05, 0) is 18.8 Å². The van der Waals surface area contributed by atoms with Gasteiger partial charge in [-0.2, -0.15) is 0 Å². The van der Waals surface area contributed by atoms with Crippen molar-refractivity contribution >= 4 is 11.6 Å². The molecule has 2 atom stereocenters. The maximum Gasteiger partial charge on any atom is 0.0501 e. The van der Waals surface area contributed by atoms with E-state index in [0.717, 1.165) is 12.6 Å². The molecule has 2 fully saturated rings. The Labute approximate surface area is 86.4 Å². The van der Waals surface area contributed by atoms with Crippen molar-refractivity contribution in [3.05, 3.63) is 0 Å². The van der Waals surface area contributed by atoms with E-state index in [1.807, 2.05) is 0 Å². The first-order valence-electron chi connectivity index (χ1n) is 5.65. The van der Waals surface area contributed by atoms with Gasteiger partial charge in [0.1, 0.15) is 0 Å². The summed E-state index contributed by atoms with van der Waals surface area (Å²) >= 11 is 6.23. The van der Waals surface area contributed by atoms with Crippen molar-refractivity contribution < 1.29 is 0 Å². The summed E-state index contributed by atoms with van der Waals surface area (Å²) in [5.41, 5.74) is 0. The second-order valence-corrected chi connectivity index (χ2v) is 5.30. The third-order valence-corrected chi connectivity index (χ3v) is 4.21. The van der Waals surface area contributed by atoms with E-state index in [-0.39, 0.29) is 0 Å². The van der Waals surface area contributed by atoms with E-state index in [9.17, 15) is 0 Å². The minimum Gasteiger partial charge on any atom is -0.299 e. The molecule has 2 unspecified atom stereocenters. The maximum atomic E-state index is 6.23. The maximum absolute atomic E-state index is 6.23. The first-order valence-corrected chi connectivity index (χ1v) is 6.09. The molecule has 0 aromatic rings. The molecule has 1 nitrogen and oxygen atoms in total. The molecule has 0 amide bonds. The van der Waals surface area contributed by atoms with Gasteiger partial charge in [-0.3, -0.25) is 4.90 Å². The van der Waals surface area contributed by atoms with Crippen molar-refractivity contribution in [2.45, 2.75) is 50.4 Å². The summed E-state index contributed by atoms with van der Waals surface area (Å²) in [5.74, 6) is 0.698. The summed E-state index contributed by atoms with van der Waals surface area (Å²) in [7, 11) is 0. The Morgan fingerprint density at radius 3 is 2.31 bits per heavy atom. The summed E-state index contributed by atoms with van der Waals surface area (Å²) in [6.45, 7) is 4.65. The largest absolute Gasteiger partial charge is 0.299 e. The predicted octanol–water partition coefficient (Wildman–Crippen LogP) is 2.88. The lowest BCUT2D eigenvalue weighted by molar-refractivity contribution is 0.186. The number of hydrogen-bond acceptors (Lipinski definition) is 1. The van der Waals surface area contributed by atoms with E-state index in [0.29, 0.717) is 11.3 Å². The number of likely N-dealkylation sites (tertiary alicyclic amines) is 1. The van der Waals surface area contributed by atoms with Crippen molar-refractivity contribution in [2.24, 2.45) is 5.92 Å². The number of halogens is 1. The van der Waals surface area contributed by atoms with E-state index in [1.54, 1.807) is 0 Å². The van der Waals surface area contributed by atoms with Gasteiger partial charge in [-0.25, -0.2) is 0 Å². The lowest BCUT2D eigenvalue weighted by Crippen LogP contribution is -2.35. The number of nitrogens with zero attached hydrogens (tertiary/aromatic N) is 1. The molecular formula is C11H20ClN. The van der Waals surface area contributed by atoms with Gasteiger partial charge >= 0.3 is 0 Å². The summed E-state index contributed by atoms with van der Waals surface area (Å²) in [5, 5.41) is 0.405. The SMILES string of the molecule is CC1CN(C2CCCCC2)CC1Cl. The molecule has 0 N–H and O–H groups in total. The predicted molar refractivity (Wildman–Crippen MR) is 57.3 cm³/mol. The minimum atomic E-state index is 0.405. The van der Waals surface area contributed by atoms with Crippen LogP contribution in [-0.2, 0) is 0 Å². The van der Waals surface area contributed by atoms with E-state index in [1.165, 1.54) is 38.6 Å². The number of hydrogen-bond donors (Lipinski definition) is 0. The molecular weight excluding hydrogens is 182 g/mol. The lowest BCUT2D eigenvalue weighted by Gasteiger charge is -2.30. The van der Waals surface area contributed by atoms with Gasteiger partial charge in [-0.1, -0.05) is 26.2 Å². The van der Waals surface area contributed by atoms with Crippen LogP contribution in [0, 0.1) is 5.92 Å². The van der Waals surface area contributed by atoms with E-state index >= 15 is 0 Å². The zero-order valence-electron chi connectivity index (χ0n) is 8.51. The van der Waals surface area contributed by atoms with Crippen LogP contribution in [-0.4, -0.2) is 29.4 Å². The molecule has 0 spiro atoms. The molecule has 0 radical (unpaired) electrons. The van der Waals surface area contributed by atoms with Gasteiger partial charge in [0, 0.05) is 19.1 Å². The molecule has 1 heterocycles. The Morgan fingerprint density at radius 1 is 1.08 bits per heavy atom. The van der Waals surface area contributed by atoms with Crippen molar-refractivity contribution in [1.29, 1.82) is 0 Å². The van der Waals surface area contributed by atoms with Gasteiger partial charge in [0.15, 0.2) is 0 Å². The fraction of sp³-hybridized carbons (Fsp3) is 1.00. The highest BCUT2D eigenvalue weighted by Gasteiger charge is 2.32. The Kier molecular flexibility index (Phi) is 3.15. The molecule has 76 valence electrons. The third-order valence-electron chi connectivity index (χ3n) is 3.64. The molecule has 1 saturated carbocycles. The highest BCUT2D eigenvalue weighted by molar-refractivity contribution is 6.21. The minimum absolute atomic E-state index is 0.405. The first kappa shape index (κ1) is 9.79. The van der Waals surface area contributed by atoms with Crippen LogP contribution in [0.3, 0.4) is 0 Å². The normalized spacial score (nSPS) is 38.3. The average molecular weight is 202 g/mol. The molecule has 2 aliphatic rings. The van der Waals surface area contributed by atoms with Crippen molar-refractivity contribution in [3.8, 4) is 0 Å². The van der Waals surface area contributed by atoms with Crippen LogP contribution < -0.4 is 0 Å². The van der Waals surface area contributed by atoms with Crippen molar-refractivity contribution in [1.82, 2.24) is 4.90 Å². The first-order chi connectivity index (χ1) is 6.27. The van der Waals surface area contributed by atoms with E-state index in [4.69, 9.17) is 11.6 Å². The fourth-order valence-electron chi connectivity index (χ4n) is 2.71. The zero-order chi connectivity index (χ0) is 9.26. The third kappa shape index (κ3) is 2.19. The summed E-state index contributed by atoms with van der Waals surface area (Å²) in [6.07, 6.45) is 7.14. The van der Waals surface area contributed by atoms with Crippen LogP contribution >= 0.6 is 11.6 Å². The van der Waals surface area contributed by atoms with Crippen molar-refractivity contribution in [3.63, 3.8) is 0 Å². The second kappa shape index (κ2) is 4.18. The van der Waals surface area contributed by atoms with Gasteiger partial charge < -0.3 is 0 Å². The summed E-state index contributed by atoms with van der Waals surface area (Å²) in [4.78, 5) is 2.63. The van der Waals surface area contributed by atoms with Gasteiger partial charge in [0.25, 0.3) is 0 Å². The quantitative estimate of drug-likeness (QED) is 0.590. The zero-order valence-corrected chi connectivity index (χ0v) is 9.26. The van der Waals surface area contributed by atoms with E-state index in [2.05, 4.69) is 11.8 Å².